The molecule has 0 aromatic carbocycles. The molecule has 0 aromatic heterocycles. The number of carboxylic acids is 1. The van der Waals surface area contributed by atoms with E-state index in [9.17, 15) is 14.7 Å². The van der Waals surface area contributed by atoms with E-state index >= 15 is 0 Å². The van der Waals surface area contributed by atoms with Crippen LogP contribution in [0.1, 0.15) is 66.2 Å². The van der Waals surface area contributed by atoms with Crippen LogP contribution in [0.25, 0.3) is 0 Å². The molecule has 5 heteroatoms. The Morgan fingerprint density at radius 1 is 1.20 bits per heavy atom. The zero-order valence-corrected chi connectivity index (χ0v) is 13.3. The second-order valence-electron chi connectivity index (χ2n) is 5.71. The molecule has 3 N–H and O–H groups in total. The van der Waals surface area contributed by atoms with Crippen LogP contribution in [0.4, 0.5) is 0 Å². The third kappa shape index (κ3) is 7.48. The van der Waals surface area contributed by atoms with Gasteiger partial charge in [0.25, 0.3) is 0 Å². The lowest BCUT2D eigenvalue weighted by Gasteiger charge is -2.26. The molecule has 5 nitrogen and oxygen atoms in total. The van der Waals surface area contributed by atoms with Crippen LogP contribution in [0.5, 0.6) is 0 Å². The van der Waals surface area contributed by atoms with E-state index in [0.29, 0.717) is 6.42 Å². The Hall–Kier alpha value is -1.10. The maximum Gasteiger partial charge on any atom is 0.323 e. The molecule has 0 aliphatic carbocycles. The van der Waals surface area contributed by atoms with Crippen molar-refractivity contribution in [1.82, 2.24) is 10.6 Å². The van der Waals surface area contributed by atoms with Crippen LogP contribution in [0.15, 0.2) is 0 Å². The molecule has 0 aliphatic rings. The number of amides is 1. The lowest BCUT2D eigenvalue weighted by Crippen LogP contribution is -2.53. The average Bonchev–Trinajstić information content (AvgIpc) is 2.37. The zero-order chi connectivity index (χ0) is 15.6. The van der Waals surface area contributed by atoms with Gasteiger partial charge in [-0.05, 0) is 26.7 Å². The van der Waals surface area contributed by atoms with Gasteiger partial charge in [-0.1, -0.05) is 39.5 Å². The number of unbranched alkanes of at least 4 members (excludes halogenated alkanes) is 2. The normalized spacial score (nSPS) is 15.4. The highest BCUT2D eigenvalue weighted by atomic mass is 16.4. The minimum absolute atomic E-state index is 0.0426. The Labute approximate surface area is 122 Å². The van der Waals surface area contributed by atoms with Crippen molar-refractivity contribution in [2.24, 2.45) is 0 Å². The number of hydrogen-bond acceptors (Lipinski definition) is 3. The fourth-order valence-corrected chi connectivity index (χ4v) is 2.14. The number of carbonyl (C=O) groups excluding carboxylic acids is 1. The number of carbonyl (C=O) groups is 2. The molecule has 0 spiro atoms. The molecular formula is C15H30N2O3. The molecule has 0 aliphatic heterocycles. The third-order valence-corrected chi connectivity index (χ3v) is 3.51. The van der Waals surface area contributed by atoms with Crippen molar-refractivity contribution in [2.45, 2.75) is 77.8 Å². The molecule has 118 valence electrons. The van der Waals surface area contributed by atoms with Gasteiger partial charge in [0.05, 0.1) is 6.54 Å². The fraction of sp³-hybridized carbons (Fsp3) is 0.867. The summed E-state index contributed by atoms with van der Waals surface area (Å²) in [6, 6.07) is 0.137. The molecular weight excluding hydrogens is 256 g/mol. The number of nitrogens with one attached hydrogen (secondary N) is 2. The first kappa shape index (κ1) is 18.9. The molecule has 0 heterocycles. The summed E-state index contributed by atoms with van der Waals surface area (Å²) in [6.07, 6.45) is 5.66. The van der Waals surface area contributed by atoms with Crippen LogP contribution in [0.2, 0.25) is 0 Å². The average molecular weight is 286 g/mol. The molecule has 2 unspecified atom stereocenters. The largest absolute Gasteiger partial charge is 0.480 e. The highest BCUT2D eigenvalue weighted by Gasteiger charge is 2.31. The van der Waals surface area contributed by atoms with Gasteiger partial charge in [-0.15, -0.1) is 0 Å². The quantitative estimate of drug-likeness (QED) is 0.509. The van der Waals surface area contributed by atoms with Crippen molar-refractivity contribution >= 4 is 11.9 Å². The summed E-state index contributed by atoms with van der Waals surface area (Å²) in [5.41, 5.74) is -1.03. The van der Waals surface area contributed by atoms with E-state index in [1.165, 1.54) is 6.42 Å². The van der Waals surface area contributed by atoms with Gasteiger partial charge in [0, 0.05) is 6.04 Å². The van der Waals surface area contributed by atoms with Crippen LogP contribution < -0.4 is 10.6 Å². The van der Waals surface area contributed by atoms with Crippen molar-refractivity contribution in [1.29, 1.82) is 0 Å². The minimum atomic E-state index is -1.03. The van der Waals surface area contributed by atoms with Gasteiger partial charge in [-0.25, -0.2) is 0 Å². The van der Waals surface area contributed by atoms with Crippen LogP contribution in [0.3, 0.4) is 0 Å². The Morgan fingerprint density at radius 2 is 1.85 bits per heavy atom. The van der Waals surface area contributed by atoms with E-state index in [0.717, 1.165) is 25.7 Å². The minimum Gasteiger partial charge on any atom is -0.480 e. The van der Waals surface area contributed by atoms with E-state index in [1.807, 2.05) is 13.8 Å². The van der Waals surface area contributed by atoms with Gasteiger partial charge >= 0.3 is 5.97 Å². The molecule has 2 atom stereocenters. The molecule has 1 amide bonds. The molecule has 0 saturated heterocycles. The van der Waals surface area contributed by atoms with Crippen molar-refractivity contribution < 1.29 is 14.7 Å². The van der Waals surface area contributed by atoms with Crippen LogP contribution >= 0.6 is 0 Å². The van der Waals surface area contributed by atoms with Crippen LogP contribution in [0, 0.1) is 0 Å². The summed E-state index contributed by atoms with van der Waals surface area (Å²) in [6.45, 7) is 7.72. The first-order valence-electron chi connectivity index (χ1n) is 7.63. The molecule has 0 saturated carbocycles. The van der Waals surface area contributed by atoms with Gasteiger partial charge in [0.15, 0.2) is 0 Å². The Bertz CT molecular complexity index is 307. The van der Waals surface area contributed by atoms with E-state index in [4.69, 9.17) is 0 Å². The van der Waals surface area contributed by atoms with Gasteiger partial charge in [-0.3, -0.25) is 14.9 Å². The summed E-state index contributed by atoms with van der Waals surface area (Å²) in [5.74, 6) is -1.05. The van der Waals surface area contributed by atoms with Crippen molar-refractivity contribution in [3.05, 3.63) is 0 Å². The van der Waals surface area contributed by atoms with Gasteiger partial charge in [0.2, 0.25) is 5.91 Å². The van der Waals surface area contributed by atoms with Crippen molar-refractivity contribution in [2.75, 3.05) is 6.54 Å². The Balaban J connectivity index is 4.10. The SMILES string of the molecule is CCCCCC(C)NC(=O)CNC(C)(CCC)C(=O)O. The van der Waals surface area contributed by atoms with Gasteiger partial charge in [0.1, 0.15) is 5.54 Å². The lowest BCUT2D eigenvalue weighted by atomic mass is 9.96. The maximum absolute atomic E-state index is 11.8. The second-order valence-corrected chi connectivity index (χ2v) is 5.71. The van der Waals surface area contributed by atoms with E-state index in [-0.39, 0.29) is 18.5 Å². The predicted molar refractivity (Wildman–Crippen MR) is 80.7 cm³/mol. The third-order valence-electron chi connectivity index (χ3n) is 3.51. The number of aliphatic carboxylic acids is 1. The lowest BCUT2D eigenvalue weighted by molar-refractivity contribution is -0.144. The highest BCUT2D eigenvalue weighted by molar-refractivity contribution is 5.82. The molecule has 0 radical (unpaired) electrons. The standard InChI is InChI=1S/C15H30N2O3/c1-5-7-8-9-12(3)17-13(18)11-16-15(4,10-6-2)14(19)20/h12,16H,5-11H2,1-4H3,(H,17,18)(H,19,20). The second kappa shape index (κ2) is 9.75. The monoisotopic (exact) mass is 286 g/mol. The zero-order valence-electron chi connectivity index (χ0n) is 13.3. The molecule has 0 fully saturated rings. The molecule has 0 rings (SSSR count). The van der Waals surface area contributed by atoms with Crippen LogP contribution in [-0.4, -0.2) is 35.1 Å². The first-order chi connectivity index (χ1) is 9.35. The topological polar surface area (TPSA) is 78.4 Å². The molecule has 0 aromatic rings. The smallest absolute Gasteiger partial charge is 0.323 e. The highest BCUT2D eigenvalue weighted by Crippen LogP contribution is 2.12. The van der Waals surface area contributed by atoms with Gasteiger partial charge in [-0.2, -0.15) is 0 Å². The Morgan fingerprint density at radius 3 is 2.35 bits per heavy atom. The first-order valence-corrected chi connectivity index (χ1v) is 7.63. The molecule has 20 heavy (non-hydrogen) atoms. The predicted octanol–water partition coefficient (Wildman–Crippen LogP) is 2.30. The number of hydrogen-bond donors (Lipinski definition) is 3. The summed E-state index contributed by atoms with van der Waals surface area (Å²) in [5, 5.41) is 15.0. The summed E-state index contributed by atoms with van der Waals surface area (Å²) >= 11 is 0. The fourth-order valence-electron chi connectivity index (χ4n) is 2.14. The summed E-state index contributed by atoms with van der Waals surface area (Å²) in [4.78, 5) is 23.0. The summed E-state index contributed by atoms with van der Waals surface area (Å²) < 4.78 is 0. The van der Waals surface area contributed by atoms with E-state index in [1.54, 1.807) is 6.92 Å². The van der Waals surface area contributed by atoms with Gasteiger partial charge < -0.3 is 10.4 Å². The number of rotatable bonds is 11. The van der Waals surface area contributed by atoms with Crippen molar-refractivity contribution in [3.8, 4) is 0 Å². The van der Waals surface area contributed by atoms with Crippen LogP contribution in [-0.2, 0) is 9.59 Å². The van der Waals surface area contributed by atoms with E-state index in [2.05, 4.69) is 17.6 Å². The molecule has 0 bridgehead atoms. The number of carboxylic acid groups (broad SMARTS) is 1. The van der Waals surface area contributed by atoms with E-state index < -0.39 is 11.5 Å². The Kier molecular flexibility index (Phi) is 9.21. The maximum atomic E-state index is 11.8. The summed E-state index contributed by atoms with van der Waals surface area (Å²) in [7, 11) is 0. The van der Waals surface area contributed by atoms with Crippen molar-refractivity contribution in [3.63, 3.8) is 0 Å².